The molecule has 0 bridgehead atoms. The van der Waals surface area contributed by atoms with E-state index in [0.29, 0.717) is 5.92 Å². The van der Waals surface area contributed by atoms with Gasteiger partial charge in [0.1, 0.15) is 5.84 Å². The minimum atomic E-state index is -3.19. The summed E-state index contributed by atoms with van der Waals surface area (Å²) >= 11 is 0. The summed E-state index contributed by atoms with van der Waals surface area (Å²) in [5.41, 5.74) is 5.40. The molecule has 1 unspecified atom stereocenters. The van der Waals surface area contributed by atoms with Gasteiger partial charge in [0.25, 0.3) is 0 Å². The van der Waals surface area contributed by atoms with Crippen LogP contribution in [0.2, 0.25) is 0 Å². The van der Waals surface area contributed by atoms with Gasteiger partial charge < -0.3 is 10.9 Å². The monoisotopic (exact) mass is 249 g/mol. The van der Waals surface area contributed by atoms with Gasteiger partial charge in [-0.25, -0.2) is 12.7 Å². The molecule has 94 valence electrons. The summed E-state index contributed by atoms with van der Waals surface area (Å²) < 4.78 is 24.9. The summed E-state index contributed by atoms with van der Waals surface area (Å²) in [5, 5.41) is 11.3. The van der Waals surface area contributed by atoms with Gasteiger partial charge in [-0.15, -0.1) is 0 Å². The van der Waals surface area contributed by atoms with Gasteiger partial charge in [-0.2, -0.15) is 0 Å². The first-order valence-electron chi connectivity index (χ1n) is 5.28. The molecule has 0 saturated heterocycles. The molecule has 1 aliphatic carbocycles. The van der Waals surface area contributed by atoms with E-state index in [1.807, 2.05) is 0 Å². The zero-order valence-corrected chi connectivity index (χ0v) is 10.4. The molecule has 0 aliphatic heterocycles. The normalized spacial score (nSPS) is 20.1. The molecule has 1 rings (SSSR count). The fourth-order valence-corrected chi connectivity index (χ4v) is 3.04. The van der Waals surface area contributed by atoms with Crippen molar-refractivity contribution in [3.63, 3.8) is 0 Å². The van der Waals surface area contributed by atoms with Crippen LogP contribution in [0.5, 0.6) is 0 Å². The maximum Gasteiger partial charge on any atom is 0.214 e. The maximum atomic E-state index is 11.8. The van der Waals surface area contributed by atoms with Crippen LogP contribution in [0.15, 0.2) is 5.16 Å². The lowest BCUT2D eigenvalue weighted by molar-refractivity contribution is 0.312. The standard InChI is InChI=1S/C9H19N3O3S/c1-7(9(10)11-13)5-12(2)16(14,15)6-8-3-4-8/h7-8,13H,3-6H2,1-2H3,(H2,10,11). The van der Waals surface area contributed by atoms with Crippen molar-refractivity contribution in [2.24, 2.45) is 22.7 Å². The predicted octanol–water partition coefficient (Wildman–Crippen LogP) is 0.0405. The number of rotatable bonds is 6. The molecule has 1 fully saturated rings. The molecular formula is C9H19N3O3S. The molecule has 6 nitrogen and oxygen atoms in total. The first-order chi connectivity index (χ1) is 7.36. The molecule has 0 spiro atoms. The highest BCUT2D eigenvalue weighted by Crippen LogP contribution is 2.31. The fraction of sp³-hybridized carbons (Fsp3) is 0.889. The quantitative estimate of drug-likeness (QED) is 0.301. The number of nitrogens with two attached hydrogens (primary N) is 1. The summed E-state index contributed by atoms with van der Waals surface area (Å²) in [6.45, 7) is 1.96. The average molecular weight is 249 g/mol. The van der Waals surface area contributed by atoms with Crippen LogP contribution < -0.4 is 5.73 Å². The van der Waals surface area contributed by atoms with E-state index in [2.05, 4.69) is 5.16 Å². The Bertz CT molecular complexity index is 362. The van der Waals surface area contributed by atoms with Gasteiger partial charge in [-0.05, 0) is 18.8 Å². The maximum absolute atomic E-state index is 11.8. The zero-order chi connectivity index (χ0) is 12.3. The van der Waals surface area contributed by atoms with E-state index in [1.54, 1.807) is 6.92 Å². The van der Waals surface area contributed by atoms with Gasteiger partial charge in [0.15, 0.2) is 0 Å². The van der Waals surface area contributed by atoms with Crippen molar-refractivity contribution in [2.45, 2.75) is 19.8 Å². The largest absolute Gasteiger partial charge is 0.409 e. The first-order valence-corrected chi connectivity index (χ1v) is 6.89. The van der Waals surface area contributed by atoms with Crippen LogP contribution in [-0.4, -0.2) is 43.1 Å². The lowest BCUT2D eigenvalue weighted by Gasteiger charge is -2.20. The number of hydrogen-bond acceptors (Lipinski definition) is 4. The Morgan fingerprint density at radius 1 is 1.62 bits per heavy atom. The second-order valence-corrected chi connectivity index (χ2v) is 6.55. The SMILES string of the molecule is CC(CN(C)S(=O)(=O)CC1CC1)C(N)=NO. The van der Waals surface area contributed by atoms with E-state index in [9.17, 15) is 8.42 Å². The molecule has 0 heterocycles. The molecule has 0 aromatic rings. The molecular weight excluding hydrogens is 230 g/mol. The number of hydrogen-bond donors (Lipinski definition) is 2. The zero-order valence-electron chi connectivity index (χ0n) is 9.63. The Kier molecular flexibility index (Phi) is 4.15. The topological polar surface area (TPSA) is 96.0 Å². The first kappa shape index (κ1) is 13.2. The summed E-state index contributed by atoms with van der Waals surface area (Å²) in [6.07, 6.45) is 2.01. The lowest BCUT2D eigenvalue weighted by atomic mass is 10.2. The Morgan fingerprint density at radius 3 is 2.62 bits per heavy atom. The van der Waals surface area contributed by atoms with Crippen molar-refractivity contribution < 1.29 is 13.6 Å². The van der Waals surface area contributed by atoms with Crippen molar-refractivity contribution in [2.75, 3.05) is 19.3 Å². The van der Waals surface area contributed by atoms with Crippen LogP contribution in [0, 0.1) is 11.8 Å². The van der Waals surface area contributed by atoms with Gasteiger partial charge in [0.05, 0.1) is 5.75 Å². The van der Waals surface area contributed by atoms with Crippen LogP contribution in [0.1, 0.15) is 19.8 Å². The van der Waals surface area contributed by atoms with Gasteiger partial charge in [0.2, 0.25) is 10.0 Å². The molecule has 1 atom stereocenters. The summed E-state index contributed by atoms with van der Waals surface area (Å²) in [6, 6.07) is 0. The highest BCUT2D eigenvalue weighted by molar-refractivity contribution is 7.89. The Labute approximate surface area is 96.2 Å². The molecule has 3 N–H and O–H groups in total. The number of amidine groups is 1. The Morgan fingerprint density at radius 2 is 2.19 bits per heavy atom. The number of oxime groups is 1. The predicted molar refractivity (Wildman–Crippen MR) is 61.7 cm³/mol. The van der Waals surface area contributed by atoms with Crippen molar-refractivity contribution in [3.05, 3.63) is 0 Å². The van der Waals surface area contributed by atoms with Gasteiger partial charge >= 0.3 is 0 Å². The molecule has 0 radical (unpaired) electrons. The van der Waals surface area contributed by atoms with Crippen molar-refractivity contribution in [3.8, 4) is 0 Å². The second kappa shape index (κ2) is 5.01. The van der Waals surface area contributed by atoms with Crippen LogP contribution in [0.25, 0.3) is 0 Å². The van der Waals surface area contributed by atoms with Crippen LogP contribution in [0.3, 0.4) is 0 Å². The molecule has 0 aromatic carbocycles. The van der Waals surface area contributed by atoms with Crippen molar-refractivity contribution in [1.29, 1.82) is 0 Å². The molecule has 16 heavy (non-hydrogen) atoms. The van der Waals surface area contributed by atoms with E-state index in [1.165, 1.54) is 11.4 Å². The highest BCUT2D eigenvalue weighted by Gasteiger charge is 2.31. The number of sulfonamides is 1. The minimum absolute atomic E-state index is 0.0495. The van der Waals surface area contributed by atoms with Crippen LogP contribution >= 0.6 is 0 Å². The van der Waals surface area contributed by atoms with Gasteiger partial charge in [0, 0.05) is 19.5 Å². The third kappa shape index (κ3) is 3.64. The van der Waals surface area contributed by atoms with E-state index in [-0.39, 0.29) is 24.1 Å². The molecule has 0 amide bonds. The average Bonchev–Trinajstić information content (AvgIpc) is 2.99. The third-order valence-electron chi connectivity index (χ3n) is 2.77. The van der Waals surface area contributed by atoms with Gasteiger partial charge in [-0.1, -0.05) is 12.1 Å². The van der Waals surface area contributed by atoms with E-state index < -0.39 is 10.0 Å². The third-order valence-corrected chi connectivity index (χ3v) is 4.76. The summed E-state index contributed by atoms with van der Waals surface area (Å²) in [7, 11) is -1.67. The van der Waals surface area contributed by atoms with Crippen LogP contribution in [0.4, 0.5) is 0 Å². The van der Waals surface area contributed by atoms with Crippen molar-refractivity contribution >= 4 is 15.9 Å². The number of nitrogens with zero attached hydrogens (tertiary/aromatic N) is 2. The fourth-order valence-electron chi connectivity index (χ4n) is 1.40. The smallest absolute Gasteiger partial charge is 0.214 e. The van der Waals surface area contributed by atoms with Crippen molar-refractivity contribution in [1.82, 2.24) is 4.31 Å². The van der Waals surface area contributed by atoms with E-state index in [4.69, 9.17) is 10.9 Å². The highest BCUT2D eigenvalue weighted by atomic mass is 32.2. The van der Waals surface area contributed by atoms with Crippen LogP contribution in [-0.2, 0) is 10.0 Å². The molecule has 1 saturated carbocycles. The van der Waals surface area contributed by atoms with E-state index >= 15 is 0 Å². The Hall–Kier alpha value is -0.820. The van der Waals surface area contributed by atoms with E-state index in [0.717, 1.165) is 12.8 Å². The molecule has 7 heteroatoms. The minimum Gasteiger partial charge on any atom is -0.409 e. The van der Waals surface area contributed by atoms with Gasteiger partial charge in [-0.3, -0.25) is 0 Å². The second-order valence-electron chi connectivity index (χ2n) is 4.43. The molecule has 1 aliphatic rings. The Balaban J connectivity index is 2.53. The molecule has 0 aromatic heterocycles. The lowest BCUT2D eigenvalue weighted by Crippen LogP contribution is -2.37. The summed E-state index contributed by atoms with van der Waals surface area (Å²) in [4.78, 5) is 0. The summed E-state index contributed by atoms with van der Waals surface area (Å²) in [5.74, 6) is 0.302.